The van der Waals surface area contributed by atoms with Gasteiger partial charge in [-0.1, -0.05) is 24.8 Å². The number of benzene rings is 1. The molecule has 1 N–H and O–H groups in total. The van der Waals surface area contributed by atoms with E-state index in [9.17, 15) is 4.79 Å². The van der Waals surface area contributed by atoms with Crippen LogP contribution in [0.2, 0.25) is 0 Å². The van der Waals surface area contributed by atoms with E-state index in [4.69, 9.17) is 0 Å². The summed E-state index contributed by atoms with van der Waals surface area (Å²) in [6.45, 7) is 9.02. The first-order valence-electron chi connectivity index (χ1n) is 7.47. The predicted molar refractivity (Wildman–Crippen MR) is 90.3 cm³/mol. The van der Waals surface area contributed by atoms with Crippen LogP contribution in [0.1, 0.15) is 30.8 Å². The minimum atomic E-state index is -0.0306. The molecule has 0 saturated heterocycles. The smallest absolute Gasteiger partial charge is 0.234 e. The summed E-state index contributed by atoms with van der Waals surface area (Å²) in [6, 6.07) is 5.93. The summed E-state index contributed by atoms with van der Waals surface area (Å²) in [5, 5.41) is 12.0. The lowest BCUT2D eigenvalue weighted by Crippen LogP contribution is -2.15. The van der Waals surface area contributed by atoms with Gasteiger partial charge in [0.05, 0.1) is 5.75 Å². The Balaban J connectivity index is 1.95. The number of hydrogen-bond donors (Lipinski definition) is 1. The normalized spacial score (nSPS) is 10.7. The SMILES string of the molecule is CCc1nnc(SCC(=O)Nc2ccc(C)c(C)c2)n1CC. The molecule has 1 aromatic carbocycles. The molecular formula is C16H22N4OS. The first-order valence-corrected chi connectivity index (χ1v) is 8.45. The van der Waals surface area contributed by atoms with Crippen LogP contribution < -0.4 is 5.32 Å². The van der Waals surface area contributed by atoms with E-state index in [0.29, 0.717) is 5.75 Å². The van der Waals surface area contributed by atoms with Gasteiger partial charge in [-0.25, -0.2) is 0 Å². The van der Waals surface area contributed by atoms with Gasteiger partial charge in [0.1, 0.15) is 5.82 Å². The molecule has 6 heteroatoms. The average molecular weight is 318 g/mol. The molecule has 0 aliphatic carbocycles. The highest BCUT2D eigenvalue weighted by atomic mass is 32.2. The second-order valence-corrected chi connectivity index (χ2v) is 6.08. The van der Waals surface area contributed by atoms with Crippen LogP contribution in [0.4, 0.5) is 5.69 Å². The van der Waals surface area contributed by atoms with E-state index in [2.05, 4.69) is 36.3 Å². The number of rotatable bonds is 6. The van der Waals surface area contributed by atoms with Crippen molar-refractivity contribution < 1.29 is 4.79 Å². The zero-order valence-corrected chi connectivity index (χ0v) is 14.3. The summed E-state index contributed by atoms with van der Waals surface area (Å²) in [5.74, 6) is 1.26. The van der Waals surface area contributed by atoms with Crippen LogP contribution in [0.5, 0.6) is 0 Å². The Morgan fingerprint density at radius 2 is 2.00 bits per heavy atom. The molecule has 0 fully saturated rings. The molecule has 22 heavy (non-hydrogen) atoms. The van der Waals surface area contributed by atoms with Crippen molar-refractivity contribution in [3.63, 3.8) is 0 Å². The summed E-state index contributed by atoms with van der Waals surface area (Å²) >= 11 is 1.42. The van der Waals surface area contributed by atoms with Gasteiger partial charge in [-0.15, -0.1) is 10.2 Å². The molecule has 0 bridgehead atoms. The van der Waals surface area contributed by atoms with Crippen molar-refractivity contribution in [3.05, 3.63) is 35.2 Å². The number of amides is 1. The lowest BCUT2D eigenvalue weighted by molar-refractivity contribution is -0.113. The fraction of sp³-hybridized carbons (Fsp3) is 0.438. The van der Waals surface area contributed by atoms with E-state index in [1.807, 2.05) is 29.7 Å². The molecule has 0 radical (unpaired) electrons. The minimum Gasteiger partial charge on any atom is -0.325 e. The Morgan fingerprint density at radius 1 is 1.23 bits per heavy atom. The van der Waals surface area contributed by atoms with E-state index >= 15 is 0 Å². The van der Waals surface area contributed by atoms with Crippen molar-refractivity contribution in [2.75, 3.05) is 11.1 Å². The molecule has 0 aliphatic rings. The highest BCUT2D eigenvalue weighted by Gasteiger charge is 2.12. The van der Waals surface area contributed by atoms with Crippen LogP contribution in [0, 0.1) is 13.8 Å². The summed E-state index contributed by atoms with van der Waals surface area (Å²) in [7, 11) is 0. The minimum absolute atomic E-state index is 0.0306. The number of carbonyl (C=O) groups excluding carboxylic acids is 1. The number of thioether (sulfide) groups is 1. The molecule has 2 rings (SSSR count). The lowest BCUT2D eigenvalue weighted by atomic mass is 10.1. The van der Waals surface area contributed by atoms with Gasteiger partial charge in [0.2, 0.25) is 5.91 Å². The van der Waals surface area contributed by atoms with E-state index in [1.54, 1.807) is 0 Å². The van der Waals surface area contributed by atoms with Gasteiger partial charge < -0.3 is 9.88 Å². The Labute approximate surface area is 135 Å². The van der Waals surface area contributed by atoms with E-state index in [0.717, 1.165) is 29.6 Å². The molecule has 0 spiro atoms. The summed E-state index contributed by atoms with van der Waals surface area (Å²) in [6.07, 6.45) is 0.843. The maximum atomic E-state index is 12.1. The number of carbonyl (C=O) groups is 1. The monoisotopic (exact) mass is 318 g/mol. The van der Waals surface area contributed by atoms with Crippen LogP contribution in [0.3, 0.4) is 0 Å². The number of nitrogens with zero attached hydrogens (tertiary/aromatic N) is 3. The zero-order valence-electron chi connectivity index (χ0n) is 13.5. The van der Waals surface area contributed by atoms with Gasteiger partial charge in [0, 0.05) is 18.7 Å². The van der Waals surface area contributed by atoms with Gasteiger partial charge in [-0.2, -0.15) is 0 Å². The second-order valence-electron chi connectivity index (χ2n) is 5.13. The highest BCUT2D eigenvalue weighted by molar-refractivity contribution is 7.99. The predicted octanol–water partition coefficient (Wildman–Crippen LogP) is 3.21. The van der Waals surface area contributed by atoms with Crippen LogP contribution in [0.25, 0.3) is 0 Å². The van der Waals surface area contributed by atoms with Crippen molar-refractivity contribution in [2.45, 2.75) is 45.8 Å². The molecule has 2 aromatic rings. The number of aromatic nitrogens is 3. The van der Waals surface area contributed by atoms with Gasteiger partial charge >= 0.3 is 0 Å². The van der Waals surface area contributed by atoms with Gasteiger partial charge in [-0.3, -0.25) is 4.79 Å². The molecule has 1 aromatic heterocycles. The van der Waals surface area contributed by atoms with E-state index in [1.165, 1.54) is 22.9 Å². The maximum Gasteiger partial charge on any atom is 0.234 e. The van der Waals surface area contributed by atoms with E-state index < -0.39 is 0 Å². The first-order chi connectivity index (χ1) is 10.5. The van der Waals surface area contributed by atoms with Crippen molar-refractivity contribution in [3.8, 4) is 0 Å². The fourth-order valence-corrected chi connectivity index (χ4v) is 2.97. The molecule has 0 saturated carbocycles. The average Bonchev–Trinajstić information content (AvgIpc) is 2.91. The zero-order chi connectivity index (χ0) is 16.1. The molecule has 118 valence electrons. The third-order valence-electron chi connectivity index (χ3n) is 3.55. The van der Waals surface area contributed by atoms with Crippen molar-refractivity contribution in [2.24, 2.45) is 0 Å². The largest absolute Gasteiger partial charge is 0.325 e. The van der Waals surface area contributed by atoms with Gasteiger partial charge in [-0.05, 0) is 44.0 Å². The number of aryl methyl sites for hydroxylation is 3. The standard InChI is InChI=1S/C16H22N4OS/c1-5-14-18-19-16(20(14)6-2)22-10-15(21)17-13-8-7-11(3)12(4)9-13/h7-9H,5-6,10H2,1-4H3,(H,17,21). The Bertz CT molecular complexity index is 666. The van der Waals surface area contributed by atoms with Crippen molar-refractivity contribution >= 4 is 23.4 Å². The Hall–Kier alpha value is -1.82. The number of anilines is 1. The molecule has 1 heterocycles. The lowest BCUT2D eigenvalue weighted by Gasteiger charge is -2.08. The summed E-state index contributed by atoms with van der Waals surface area (Å²) in [4.78, 5) is 12.1. The molecule has 0 unspecified atom stereocenters. The number of hydrogen-bond acceptors (Lipinski definition) is 4. The quantitative estimate of drug-likeness (QED) is 0.831. The van der Waals surface area contributed by atoms with Crippen LogP contribution >= 0.6 is 11.8 Å². The van der Waals surface area contributed by atoms with Gasteiger partial charge in [0.25, 0.3) is 0 Å². The summed E-state index contributed by atoms with van der Waals surface area (Å²) in [5.41, 5.74) is 3.22. The van der Waals surface area contributed by atoms with Crippen molar-refractivity contribution in [1.29, 1.82) is 0 Å². The molecule has 1 amide bonds. The topological polar surface area (TPSA) is 59.8 Å². The second kappa shape index (κ2) is 7.45. The highest BCUT2D eigenvalue weighted by Crippen LogP contribution is 2.19. The van der Waals surface area contributed by atoms with Crippen LogP contribution in [-0.2, 0) is 17.8 Å². The fourth-order valence-electron chi connectivity index (χ4n) is 2.15. The molecule has 0 atom stereocenters. The summed E-state index contributed by atoms with van der Waals surface area (Å²) < 4.78 is 2.05. The van der Waals surface area contributed by atoms with E-state index in [-0.39, 0.29) is 5.91 Å². The van der Waals surface area contributed by atoms with Crippen LogP contribution in [0.15, 0.2) is 23.4 Å². The van der Waals surface area contributed by atoms with Crippen molar-refractivity contribution in [1.82, 2.24) is 14.8 Å². The Morgan fingerprint density at radius 3 is 2.64 bits per heavy atom. The third kappa shape index (κ3) is 3.88. The number of nitrogens with one attached hydrogen (secondary N) is 1. The first kappa shape index (κ1) is 16.5. The van der Waals surface area contributed by atoms with Crippen LogP contribution in [-0.4, -0.2) is 26.4 Å². The molecular weight excluding hydrogens is 296 g/mol. The molecule has 0 aliphatic heterocycles. The Kier molecular flexibility index (Phi) is 5.60. The third-order valence-corrected chi connectivity index (χ3v) is 4.52. The van der Waals surface area contributed by atoms with Gasteiger partial charge in [0.15, 0.2) is 5.16 Å². The maximum absolute atomic E-state index is 12.1. The molecule has 5 nitrogen and oxygen atoms in total.